The van der Waals surface area contributed by atoms with E-state index in [9.17, 15) is 4.79 Å². The summed E-state index contributed by atoms with van der Waals surface area (Å²) in [4.78, 5) is 15.3. The molecular formula is C11H16N2OS. The third-order valence-electron chi connectivity index (χ3n) is 2.74. The summed E-state index contributed by atoms with van der Waals surface area (Å²) in [5, 5.41) is 5.27. The monoisotopic (exact) mass is 224 g/mol. The highest BCUT2D eigenvalue weighted by Crippen LogP contribution is 2.15. The van der Waals surface area contributed by atoms with Gasteiger partial charge in [0.15, 0.2) is 5.78 Å². The average Bonchev–Trinajstić information content (AvgIpc) is 2.66. The SMILES string of the molecule is Cc1sccc1C(=O)CN1CCNCC1. The molecule has 2 heterocycles. The third kappa shape index (κ3) is 2.65. The molecule has 15 heavy (non-hydrogen) atoms. The number of rotatable bonds is 3. The fourth-order valence-corrected chi connectivity index (χ4v) is 2.55. The smallest absolute Gasteiger partial charge is 0.177 e. The van der Waals surface area contributed by atoms with E-state index in [2.05, 4.69) is 10.2 Å². The van der Waals surface area contributed by atoms with Crippen LogP contribution in [0.25, 0.3) is 0 Å². The third-order valence-corrected chi connectivity index (χ3v) is 3.58. The number of carbonyl (C=O) groups is 1. The molecule has 0 unspecified atom stereocenters. The summed E-state index contributed by atoms with van der Waals surface area (Å²) in [5.41, 5.74) is 0.901. The Kier molecular flexibility index (Phi) is 3.51. The topological polar surface area (TPSA) is 32.3 Å². The molecule has 0 aromatic carbocycles. The number of carbonyl (C=O) groups excluding carboxylic acids is 1. The van der Waals surface area contributed by atoms with Crippen LogP contribution in [0.1, 0.15) is 15.2 Å². The van der Waals surface area contributed by atoms with Crippen LogP contribution < -0.4 is 5.32 Å². The molecule has 0 aliphatic carbocycles. The van der Waals surface area contributed by atoms with Crippen molar-refractivity contribution in [2.45, 2.75) is 6.92 Å². The van der Waals surface area contributed by atoms with Crippen LogP contribution >= 0.6 is 11.3 Å². The number of ketones is 1. The van der Waals surface area contributed by atoms with Crippen molar-refractivity contribution in [1.82, 2.24) is 10.2 Å². The first kappa shape index (κ1) is 10.8. The summed E-state index contributed by atoms with van der Waals surface area (Å²) in [6, 6.07) is 1.94. The van der Waals surface area contributed by atoms with Crippen LogP contribution in [0.2, 0.25) is 0 Å². The van der Waals surface area contributed by atoms with Gasteiger partial charge in [0.05, 0.1) is 6.54 Å². The van der Waals surface area contributed by atoms with Crippen LogP contribution in [0, 0.1) is 6.92 Å². The van der Waals surface area contributed by atoms with Gasteiger partial charge in [-0.2, -0.15) is 0 Å². The fraction of sp³-hybridized carbons (Fsp3) is 0.545. The van der Waals surface area contributed by atoms with Gasteiger partial charge in [-0.1, -0.05) is 0 Å². The second kappa shape index (κ2) is 4.88. The van der Waals surface area contributed by atoms with E-state index in [0.29, 0.717) is 6.54 Å². The van der Waals surface area contributed by atoms with Crippen LogP contribution in [0.4, 0.5) is 0 Å². The minimum Gasteiger partial charge on any atom is -0.314 e. The van der Waals surface area contributed by atoms with Gasteiger partial charge in [0.1, 0.15) is 0 Å². The first-order chi connectivity index (χ1) is 7.27. The highest BCUT2D eigenvalue weighted by Gasteiger charge is 2.16. The molecule has 1 saturated heterocycles. The number of nitrogens with zero attached hydrogens (tertiary/aromatic N) is 1. The Bertz CT molecular complexity index is 342. The number of thiophene rings is 1. The van der Waals surface area contributed by atoms with Gasteiger partial charge in [-0.3, -0.25) is 9.69 Å². The van der Waals surface area contributed by atoms with E-state index >= 15 is 0 Å². The fourth-order valence-electron chi connectivity index (χ4n) is 1.83. The molecule has 3 nitrogen and oxygen atoms in total. The molecular weight excluding hydrogens is 208 g/mol. The van der Waals surface area contributed by atoms with Gasteiger partial charge in [-0.25, -0.2) is 0 Å². The Labute approximate surface area is 94.1 Å². The van der Waals surface area contributed by atoms with Crippen molar-refractivity contribution in [2.24, 2.45) is 0 Å². The normalized spacial score (nSPS) is 17.9. The first-order valence-electron chi connectivity index (χ1n) is 5.28. The standard InChI is InChI=1S/C11H16N2OS/c1-9-10(2-7-15-9)11(14)8-13-5-3-12-4-6-13/h2,7,12H,3-6,8H2,1H3. The summed E-state index contributed by atoms with van der Waals surface area (Å²) < 4.78 is 0. The number of hydrogen-bond acceptors (Lipinski definition) is 4. The predicted octanol–water partition coefficient (Wildman–Crippen LogP) is 1.14. The summed E-state index contributed by atoms with van der Waals surface area (Å²) in [5.74, 6) is 0.260. The Balaban J connectivity index is 1.94. The van der Waals surface area contributed by atoms with Crippen molar-refractivity contribution >= 4 is 17.1 Å². The minimum absolute atomic E-state index is 0.260. The summed E-state index contributed by atoms with van der Waals surface area (Å²) in [6.07, 6.45) is 0. The lowest BCUT2D eigenvalue weighted by atomic mass is 10.1. The number of hydrogen-bond donors (Lipinski definition) is 1. The minimum atomic E-state index is 0.260. The van der Waals surface area contributed by atoms with Crippen LogP contribution in [0.5, 0.6) is 0 Å². The van der Waals surface area contributed by atoms with Gasteiger partial charge in [0.25, 0.3) is 0 Å². The van der Waals surface area contributed by atoms with E-state index in [1.54, 1.807) is 11.3 Å². The van der Waals surface area contributed by atoms with Gasteiger partial charge in [-0.05, 0) is 18.4 Å². The molecule has 0 bridgehead atoms. The molecule has 82 valence electrons. The second-order valence-corrected chi connectivity index (χ2v) is 4.96. The highest BCUT2D eigenvalue weighted by molar-refractivity contribution is 7.10. The van der Waals surface area contributed by atoms with Gasteiger partial charge in [0.2, 0.25) is 0 Å². The molecule has 0 amide bonds. The van der Waals surface area contributed by atoms with Crippen molar-refractivity contribution in [3.8, 4) is 0 Å². The van der Waals surface area contributed by atoms with Gasteiger partial charge < -0.3 is 5.32 Å². The molecule has 2 rings (SSSR count). The Morgan fingerprint density at radius 3 is 2.87 bits per heavy atom. The summed E-state index contributed by atoms with van der Waals surface area (Å²) in [7, 11) is 0. The Hall–Kier alpha value is -0.710. The number of nitrogens with one attached hydrogen (secondary N) is 1. The van der Waals surface area contributed by atoms with E-state index in [-0.39, 0.29) is 5.78 Å². The van der Waals surface area contributed by atoms with Crippen molar-refractivity contribution in [3.05, 3.63) is 21.9 Å². The molecule has 1 aliphatic heterocycles. The number of Topliss-reactive ketones (excluding diaryl/α,β-unsaturated/α-hetero) is 1. The first-order valence-corrected chi connectivity index (χ1v) is 6.15. The zero-order valence-corrected chi connectivity index (χ0v) is 9.77. The van der Waals surface area contributed by atoms with E-state index in [1.165, 1.54) is 0 Å². The van der Waals surface area contributed by atoms with Gasteiger partial charge >= 0.3 is 0 Å². The van der Waals surface area contributed by atoms with Crippen LogP contribution in [-0.4, -0.2) is 43.4 Å². The van der Waals surface area contributed by atoms with Crippen molar-refractivity contribution in [3.63, 3.8) is 0 Å². The summed E-state index contributed by atoms with van der Waals surface area (Å²) in [6.45, 7) is 6.53. The van der Waals surface area contributed by atoms with Gasteiger partial charge in [-0.15, -0.1) is 11.3 Å². The maximum absolute atomic E-state index is 11.9. The van der Waals surface area contributed by atoms with Crippen LogP contribution in [0.3, 0.4) is 0 Å². The van der Waals surface area contributed by atoms with Crippen molar-refractivity contribution in [2.75, 3.05) is 32.7 Å². The molecule has 1 N–H and O–H groups in total. The molecule has 1 fully saturated rings. The zero-order chi connectivity index (χ0) is 10.7. The lowest BCUT2D eigenvalue weighted by Gasteiger charge is -2.26. The molecule has 1 aliphatic rings. The van der Waals surface area contributed by atoms with Crippen molar-refractivity contribution in [1.29, 1.82) is 0 Å². The highest BCUT2D eigenvalue weighted by atomic mass is 32.1. The maximum atomic E-state index is 11.9. The van der Waals surface area contributed by atoms with Gasteiger partial charge in [0, 0.05) is 36.6 Å². The molecule has 4 heteroatoms. The van der Waals surface area contributed by atoms with Crippen molar-refractivity contribution < 1.29 is 4.79 Å². The van der Waals surface area contributed by atoms with Crippen LogP contribution in [0.15, 0.2) is 11.4 Å². The Morgan fingerprint density at radius 1 is 1.53 bits per heavy atom. The zero-order valence-electron chi connectivity index (χ0n) is 8.95. The largest absolute Gasteiger partial charge is 0.314 e. The lowest BCUT2D eigenvalue weighted by molar-refractivity contribution is 0.0921. The predicted molar refractivity (Wildman–Crippen MR) is 62.7 cm³/mol. The van der Waals surface area contributed by atoms with E-state index < -0.39 is 0 Å². The van der Waals surface area contributed by atoms with Crippen LogP contribution in [-0.2, 0) is 0 Å². The number of aryl methyl sites for hydroxylation is 1. The average molecular weight is 224 g/mol. The molecule has 1 aromatic heterocycles. The second-order valence-electron chi connectivity index (χ2n) is 3.84. The van der Waals surface area contributed by atoms with E-state index in [1.807, 2.05) is 18.4 Å². The molecule has 0 atom stereocenters. The summed E-state index contributed by atoms with van der Waals surface area (Å²) >= 11 is 1.64. The maximum Gasteiger partial charge on any atom is 0.177 e. The quantitative estimate of drug-likeness (QED) is 0.782. The van der Waals surface area contributed by atoms with E-state index in [4.69, 9.17) is 0 Å². The molecule has 0 spiro atoms. The molecule has 0 saturated carbocycles. The number of piperazine rings is 1. The lowest BCUT2D eigenvalue weighted by Crippen LogP contribution is -2.45. The Morgan fingerprint density at radius 2 is 2.27 bits per heavy atom. The van der Waals surface area contributed by atoms with E-state index in [0.717, 1.165) is 36.6 Å². The molecule has 1 aromatic rings. The molecule has 0 radical (unpaired) electrons.